The maximum absolute atomic E-state index is 12.0. The molecule has 0 amide bonds. The first-order chi connectivity index (χ1) is 9.13. The molecule has 0 unspecified atom stereocenters. The van der Waals surface area contributed by atoms with Crippen LogP contribution in [0.3, 0.4) is 0 Å². The van der Waals surface area contributed by atoms with E-state index in [0.717, 1.165) is 25.1 Å². The zero-order valence-corrected chi connectivity index (χ0v) is 12.7. The molecule has 1 aliphatic heterocycles. The van der Waals surface area contributed by atoms with E-state index in [2.05, 4.69) is 29.1 Å². The number of hydrogen-bond donors (Lipinski definition) is 0. The molecule has 0 bridgehead atoms. The van der Waals surface area contributed by atoms with Crippen LogP contribution in [0.1, 0.15) is 39.3 Å². The van der Waals surface area contributed by atoms with Gasteiger partial charge in [-0.1, -0.05) is 0 Å². The number of piperidine rings is 1. The third kappa shape index (κ3) is 3.34. The zero-order valence-electron chi connectivity index (χ0n) is 11.8. The van der Waals surface area contributed by atoms with Crippen LogP contribution >= 0.6 is 11.3 Å². The van der Waals surface area contributed by atoms with Crippen LogP contribution < -0.4 is 0 Å². The number of aromatic nitrogens is 1. The monoisotopic (exact) mass is 282 g/mol. The molecule has 2 rings (SSSR count). The number of thiazole rings is 1. The number of carbonyl (C=O) groups is 1. The summed E-state index contributed by atoms with van der Waals surface area (Å²) in [7, 11) is 0. The minimum Gasteiger partial charge on any atom is -0.466 e. The number of carbonyl (C=O) groups excluding carboxylic acids is 1. The average Bonchev–Trinajstić information content (AvgIpc) is 2.87. The lowest BCUT2D eigenvalue weighted by Crippen LogP contribution is -2.50. The summed E-state index contributed by atoms with van der Waals surface area (Å²) in [6, 6.07) is 0.701. The van der Waals surface area contributed by atoms with Crippen molar-refractivity contribution < 1.29 is 9.53 Å². The molecule has 0 aliphatic carbocycles. The summed E-state index contributed by atoms with van der Waals surface area (Å²) in [6.07, 6.45) is 1.96. The largest absolute Gasteiger partial charge is 0.466 e. The summed E-state index contributed by atoms with van der Waals surface area (Å²) in [5.74, 6) is -0.0556. The van der Waals surface area contributed by atoms with Gasteiger partial charge in [-0.3, -0.25) is 9.69 Å². The molecular weight excluding hydrogens is 260 g/mol. The number of hydrogen-bond acceptors (Lipinski definition) is 5. The van der Waals surface area contributed by atoms with E-state index in [1.165, 1.54) is 0 Å². The molecule has 3 atom stereocenters. The van der Waals surface area contributed by atoms with Gasteiger partial charge in [0.1, 0.15) is 0 Å². The predicted molar refractivity (Wildman–Crippen MR) is 75.9 cm³/mol. The highest BCUT2D eigenvalue weighted by Gasteiger charge is 2.37. The Hall–Kier alpha value is -0.940. The Balaban J connectivity index is 2.05. The number of likely N-dealkylation sites (tertiary alicyclic amines) is 1. The molecule has 19 heavy (non-hydrogen) atoms. The topological polar surface area (TPSA) is 42.4 Å². The highest BCUT2D eigenvalue weighted by molar-refractivity contribution is 7.07. The van der Waals surface area contributed by atoms with Crippen molar-refractivity contribution in [3.8, 4) is 0 Å². The van der Waals surface area contributed by atoms with Gasteiger partial charge in [-0.15, -0.1) is 11.3 Å². The molecule has 4 nitrogen and oxygen atoms in total. The van der Waals surface area contributed by atoms with E-state index in [1.54, 1.807) is 11.3 Å². The van der Waals surface area contributed by atoms with Gasteiger partial charge < -0.3 is 4.74 Å². The summed E-state index contributed by atoms with van der Waals surface area (Å²) >= 11 is 1.62. The third-order valence-corrected chi connectivity index (χ3v) is 4.62. The summed E-state index contributed by atoms with van der Waals surface area (Å²) in [5, 5.41) is 2.08. The summed E-state index contributed by atoms with van der Waals surface area (Å²) in [4.78, 5) is 18.7. The first-order valence-corrected chi connectivity index (χ1v) is 7.87. The molecular formula is C14H22N2O2S. The van der Waals surface area contributed by atoms with Crippen LogP contribution in [0.15, 0.2) is 10.9 Å². The summed E-state index contributed by atoms with van der Waals surface area (Å²) in [5.41, 5.74) is 2.95. The van der Waals surface area contributed by atoms with Crippen LogP contribution in [-0.4, -0.2) is 34.5 Å². The van der Waals surface area contributed by atoms with Crippen LogP contribution in [0.2, 0.25) is 0 Å². The average molecular weight is 282 g/mol. The van der Waals surface area contributed by atoms with Crippen molar-refractivity contribution >= 4 is 17.3 Å². The number of ether oxygens (including phenoxy) is 1. The van der Waals surface area contributed by atoms with Crippen molar-refractivity contribution in [1.82, 2.24) is 9.88 Å². The Bertz CT molecular complexity index is 408. The van der Waals surface area contributed by atoms with Gasteiger partial charge in [0.05, 0.1) is 23.7 Å². The molecule has 0 N–H and O–H groups in total. The lowest BCUT2D eigenvalue weighted by Gasteiger charge is -2.42. The van der Waals surface area contributed by atoms with Crippen LogP contribution in [0.5, 0.6) is 0 Å². The molecule has 1 aliphatic rings. The molecule has 1 aromatic rings. The second kappa shape index (κ2) is 6.48. The molecule has 1 aromatic heterocycles. The van der Waals surface area contributed by atoms with Gasteiger partial charge in [-0.25, -0.2) is 4.98 Å². The van der Waals surface area contributed by atoms with Gasteiger partial charge in [-0.05, 0) is 33.6 Å². The second-order valence-corrected chi connectivity index (χ2v) is 5.90. The van der Waals surface area contributed by atoms with Crippen molar-refractivity contribution in [2.75, 3.05) is 6.61 Å². The minimum absolute atomic E-state index is 0.00483. The Morgan fingerprint density at radius 1 is 1.53 bits per heavy atom. The van der Waals surface area contributed by atoms with Crippen molar-refractivity contribution in [2.45, 2.75) is 52.2 Å². The van der Waals surface area contributed by atoms with Crippen LogP contribution in [-0.2, 0) is 16.1 Å². The first kappa shape index (κ1) is 14.5. The fraction of sp³-hybridized carbons (Fsp3) is 0.714. The third-order valence-electron chi connectivity index (χ3n) is 3.98. The quantitative estimate of drug-likeness (QED) is 0.796. The fourth-order valence-corrected chi connectivity index (χ4v) is 3.38. The SMILES string of the molecule is CCOC(=O)[C@@H]1CC[C@H](C)N(Cc2cscn2)[C@@H]1C. The van der Waals surface area contributed by atoms with E-state index in [1.807, 2.05) is 12.4 Å². The molecule has 1 saturated heterocycles. The normalized spacial score (nSPS) is 28.3. The van der Waals surface area contributed by atoms with Gasteiger partial charge in [0.25, 0.3) is 0 Å². The van der Waals surface area contributed by atoms with Gasteiger partial charge in [-0.2, -0.15) is 0 Å². The van der Waals surface area contributed by atoms with E-state index in [9.17, 15) is 4.79 Å². The Morgan fingerprint density at radius 3 is 2.95 bits per heavy atom. The molecule has 0 aromatic carbocycles. The lowest BCUT2D eigenvalue weighted by molar-refractivity contribution is -0.153. The second-order valence-electron chi connectivity index (χ2n) is 5.18. The van der Waals surface area contributed by atoms with Crippen LogP contribution in [0, 0.1) is 5.92 Å². The smallest absolute Gasteiger partial charge is 0.310 e. The number of nitrogens with zero attached hydrogens (tertiary/aromatic N) is 2. The van der Waals surface area contributed by atoms with E-state index >= 15 is 0 Å². The fourth-order valence-electron chi connectivity index (χ4n) is 2.83. The molecule has 0 spiro atoms. The molecule has 5 heteroatoms. The summed E-state index contributed by atoms with van der Waals surface area (Å²) in [6.45, 7) is 7.50. The molecule has 0 radical (unpaired) electrons. The Morgan fingerprint density at radius 2 is 2.32 bits per heavy atom. The van der Waals surface area contributed by atoms with Crippen LogP contribution in [0.25, 0.3) is 0 Å². The van der Waals surface area contributed by atoms with Gasteiger partial charge in [0.2, 0.25) is 0 Å². The van der Waals surface area contributed by atoms with Crippen molar-refractivity contribution in [1.29, 1.82) is 0 Å². The molecule has 2 heterocycles. The summed E-state index contributed by atoms with van der Waals surface area (Å²) < 4.78 is 5.19. The highest BCUT2D eigenvalue weighted by Crippen LogP contribution is 2.30. The zero-order chi connectivity index (χ0) is 13.8. The number of esters is 1. The van der Waals surface area contributed by atoms with Crippen LogP contribution in [0.4, 0.5) is 0 Å². The van der Waals surface area contributed by atoms with Gasteiger partial charge >= 0.3 is 5.97 Å². The van der Waals surface area contributed by atoms with E-state index in [0.29, 0.717) is 12.6 Å². The predicted octanol–water partition coefficient (Wildman–Crippen LogP) is 2.70. The van der Waals surface area contributed by atoms with E-state index in [4.69, 9.17) is 4.74 Å². The van der Waals surface area contributed by atoms with Gasteiger partial charge in [0.15, 0.2) is 0 Å². The maximum Gasteiger partial charge on any atom is 0.310 e. The van der Waals surface area contributed by atoms with E-state index < -0.39 is 0 Å². The molecule has 1 fully saturated rings. The standard InChI is InChI=1S/C14H22N2O2S/c1-4-18-14(17)13-6-5-10(2)16(11(13)3)7-12-8-19-9-15-12/h8-11,13H,4-7H2,1-3H3/t10-,11+,13+/m0/s1. The van der Waals surface area contributed by atoms with Crippen molar-refractivity contribution in [2.24, 2.45) is 5.92 Å². The van der Waals surface area contributed by atoms with E-state index in [-0.39, 0.29) is 17.9 Å². The lowest BCUT2D eigenvalue weighted by atomic mass is 9.86. The van der Waals surface area contributed by atoms with Gasteiger partial charge in [0, 0.05) is 24.0 Å². The highest BCUT2D eigenvalue weighted by atomic mass is 32.1. The van der Waals surface area contributed by atoms with Crippen molar-refractivity contribution in [3.63, 3.8) is 0 Å². The maximum atomic E-state index is 12.0. The Kier molecular flexibility index (Phi) is 4.93. The minimum atomic E-state index is -0.0508. The van der Waals surface area contributed by atoms with Crippen molar-refractivity contribution in [3.05, 3.63) is 16.6 Å². The first-order valence-electron chi connectivity index (χ1n) is 6.93. The Labute approximate surface area is 118 Å². The molecule has 106 valence electrons. The molecule has 0 saturated carbocycles. The number of rotatable bonds is 4.